The van der Waals surface area contributed by atoms with Crippen molar-refractivity contribution < 1.29 is 9.53 Å². The number of ether oxygens (including phenoxy) is 1. The van der Waals surface area contributed by atoms with Gasteiger partial charge in [-0.3, -0.25) is 4.79 Å². The molecule has 5 nitrogen and oxygen atoms in total. The van der Waals surface area contributed by atoms with Crippen LogP contribution < -0.4 is 10.1 Å². The number of hydrogen-bond acceptors (Lipinski definition) is 5. The molecular weight excluding hydrogens is 322 g/mol. The van der Waals surface area contributed by atoms with Crippen molar-refractivity contribution in [3.05, 3.63) is 47.2 Å². The van der Waals surface area contributed by atoms with Crippen molar-refractivity contribution in [1.82, 2.24) is 4.98 Å². The monoisotopic (exact) mass is 339 g/mol. The summed E-state index contributed by atoms with van der Waals surface area (Å²) in [6.07, 6.45) is 3.02. The number of anilines is 1. The summed E-state index contributed by atoms with van der Waals surface area (Å²) in [4.78, 5) is 16.7. The zero-order valence-corrected chi connectivity index (χ0v) is 14.2. The van der Waals surface area contributed by atoms with Crippen LogP contribution >= 0.6 is 11.8 Å². The lowest BCUT2D eigenvalue weighted by molar-refractivity contribution is -0.113. The zero-order chi connectivity index (χ0) is 16.9. The first-order chi connectivity index (χ1) is 11.7. The average molecular weight is 339 g/mol. The Bertz CT molecular complexity index is 797. The van der Waals surface area contributed by atoms with Crippen LogP contribution in [0, 0.1) is 11.3 Å². The van der Waals surface area contributed by atoms with Gasteiger partial charge in [-0.05, 0) is 55.2 Å². The second-order valence-electron chi connectivity index (χ2n) is 5.48. The van der Waals surface area contributed by atoms with Gasteiger partial charge < -0.3 is 10.1 Å². The van der Waals surface area contributed by atoms with Gasteiger partial charge in [0, 0.05) is 11.4 Å². The third-order valence-electron chi connectivity index (χ3n) is 3.85. The van der Waals surface area contributed by atoms with Gasteiger partial charge in [0.05, 0.1) is 18.4 Å². The standard InChI is InChI=1S/C18H17N3O2S/c1-23-15-7-5-14(6-8-15)20-17(22)11-24-18-13(10-19)9-12-3-2-4-16(12)21-18/h5-9H,2-4,11H2,1H3,(H,20,22). The molecule has 0 fully saturated rings. The van der Waals surface area contributed by atoms with Gasteiger partial charge >= 0.3 is 0 Å². The molecule has 0 saturated carbocycles. The third kappa shape index (κ3) is 3.69. The predicted octanol–water partition coefficient (Wildman–Crippen LogP) is 3.18. The van der Waals surface area contributed by atoms with E-state index in [9.17, 15) is 10.1 Å². The second-order valence-corrected chi connectivity index (χ2v) is 6.44. The van der Waals surface area contributed by atoms with Crippen molar-refractivity contribution in [3.63, 3.8) is 0 Å². The van der Waals surface area contributed by atoms with E-state index in [-0.39, 0.29) is 11.7 Å². The molecule has 1 heterocycles. The van der Waals surface area contributed by atoms with E-state index >= 15 is 0 Å². The number of nitrogens with one attached hydrogen (secondary N) is 1. The van der Waals surface area contributed by atoms with E-state index in [0.29, 0.717) is 16.3 Å². The maximum Gasteiger partial charge on any atom is 0.234 e. The number of amides is 1. The number of carbonyl (C=O) groups is 1. The Hall–Kier alpha value is -2.52. The van der Waals surface area contributed by atoms with Crippen LogP contribution in [0.1, 0.15) is 23.2 Å². The number of methoxy groups -OCH3 is 1. The van der Waals surface area contributed by atoms with Crippen LogP contribution in [-0.2, 0) is 17.6 Å². The van der Waals surface area contributed by atoms with Gasteiger partial charge in [-0.15, -0.1) is 0 Å². The molecule has 0 radical (unpaired) electrons. The fraction of sp³-hybridized carbons (Fsp3) is 0.278. The van der Waals surface area contributed by atoms with Crippen LogP contribution in [0.15, 0.2) is 35.4 Å². The van der Waals surface area contributed by atoms with Gasteiger partial charge in [-0.25, -0.2) is 4.98 Å². The number of hydrogen-bond donors (Lipinski definition) is 1. The van der Waals surface area contributed by atoms with Gasteiger partial charge in [0.15, 0.2) is 0 Å². The molecule has 1 aliphatic rings. The fourth-order valence-corrected chi connectivity index (χ4v) is 3.42. The second kappa shape index (κ2) is 7.37. The third-order valence-corrected chi connectivity index (χ3v) is 4.84. The minimum atomic E-state index is -0.128. The molecule has 24 heavy (non-hydrogen) atoms. The quantitative estimate of drug-likeness (QED) is 0.847. The van der Waals surface area contributed by atoms with E-state index in [2.05, 4.69) is 16.4 Å². The maximum absolute atomic E-state index is 12.1. The molecule has 1 amide bonds. The largest absolute Gasteiger partial charge is 0.497 e. The van der Waals surface area contributed by atoms with E-state index < -0.39 is 0 Å². The summed E-state index contributed by atoms with van der Waals surface area (Å²) in [5.74, 6) is 0.826. The number of nitriles is 1. The van der Waals surface area contributed by atoms with E-state index in [1.54, 1.807) is 31.4 Å². The number of pyridine rings is 1. The zero-order valence-electron chi connectivity index (χ0n) is 13.3. The lowest BCUT2D eigenvalue weighted by Crippen LogP contribution is -2.14. The number of aryl methyl sites for hydroxylation is 2. The summed E-state index contributed by atoms with van der Waals surface area (Å²) in [6.45, 7) is 0. The SMILES string of the molecule is COc1ccc(NC(=O)CSc2nc3c(cc2C#N)CCC3)cc1. The van der Waals surface area contributed by atoms with E-state index in [0.717, 1.165) is 30.7 Å². The van der Waals surface area contributed by atoms with E-state index in [1.165, 1.54) is 17.3 Å². The number of rotatable bonds is 5. The summed E-state index contributed by atoms with van der Waals surface area (Å²) < 4.78 is 5.09. The lowest BCUT2D eigenvalue weighted by Gasteiger charge is -2.08. The highest BCUT2D eigenvalue weighted by Crippen LogP contribution is 2.28. The molecule has 0 atom stereocenters. The Balaban J connectivity index is 1.63. The number of nitrogens with zero attached hydrogens (tertiary/aromatic N) is 2. The van der Waals surface area contributed by atoms with Gasteiger partial charge in [-0.1, -0.05) is 11.8 Å². The van der Waals surface area contributed by atoms with E-state index in [1.807, 2.05) is 6.07 Å². The first-order valence-electron chi connectivity index (χ1n) is 7.69. The van der Waals surface area contributed by atoms with Crippen LogP contribution in [0.25, 0.3) is 0 Å². The highest BCUT2D eigenvalue weighted by Gasteiger charge is 2.17. The summed E-state index contributed by atoms with van der Waals surface area (Å²) >= 11 is 1.30. The number of benzene rings is 1. The molecular formula is C18H17N3O2S. The van der Waals surface area contributed by atoms with Crippen LogP contribution in [-0.4, -0.2) is 23.8 Å². The van der Waals surface area contributed by atoms with Crippen molar-refractivity contribution >= 4 is 23.4 Å². The van der Waals surface area contributed by atoms with Crippen LogP contribution in [0.5, 0.6) is 5.75 Å². The molecule has 0 saturated heterocycles. The molecule has 1 aromatic heterocycles. The first kappa shape index (κ1) is 16.3. The fourth-order valence-electron chi connectivity index (χ4n) is 2.65. The van der Waals surface area contributed by atoms with Gasteiger partial charge in [0.1, 0.15) is 16.8 Å². The number of thioether (sulfide) groups is 1. The van der Waals surface area contributed by atoms with Crippen molar-refractivity contribution in [2.24, 2.45) is 0 Å². The molecule has 122 valence electrons. The van der Waals surface area contributed by atoms with Crippen LogP contribution in [0.2, 0.25) is 0 Å². The van der Waals surface area contributed by atoms with Gasteiger partial charge in [-0.2, -0.15) is 5.26 Å². The Kier molecular flexibility index (Phi) is 5.02. The lowest BCUT2D eigenvalue weighted by atomic mass is 10.2. The van der Waals surface area contributed by atoms with Crippen molar-refractivity contribution in [2.45, 2.75) is 24.3 Å². The molecule has 2 aromatic rings. The Labute approximate surface area is 145 Å². The van der Waals surface area contributed by atoms with Crippen molar-refractivity contribution in [3.8, 4) is 11.8 Å². The molecule has 1 N–H and O–H groups in total. The van der Waals surface area contributed by atoms with Crippen LogP contribution in [0.4, 0.5) is 5.69 Å². The minimum Gasteiger partial charge on any atom is -0.497 e. The molecule has 0 aliphatic heterocycles. The highest BCUT2D eigenvalue weighted by atomic mass is 32.2. The van der Waals surface area contributed by atoms with Gasteiger partial charge in [0.25, 0.3) is 0 Å². The topological polar surface area (TPSA) is 75.0 Å². The molecule has 0 spiro atoms. The molecule has 0 unspecified atom stereocenters. The van der Waals surface area contributed by atoms with Gasteiger partial charge in [0.2, 0.25) is 5.91 Å². The number of aromatic nitrogens is 1. The minimum absolute atomic E-state index is 0.128. The van der Waals surface area contributed by atoms with Crippen molar-refractivity contribution in [1.29, 1.82) is 5.26 Å². The summed E-state index contributed by atoms with van der Waals surface area (Å²) in [7, 11) is 1.60. The molecule has 1 aliphatic carbocycles. The van der Waals surface area contributed by atoms with E-state index in [4.69, 9.17) is 4.74 Å². The van der Waals surface area contributed by atoms with Crippen LogP contribution in [0.3, 0.4) is 0 Å². The molecule has 1 aromatic carbocycles. The molecule has 0 bridgehead atoms. The molecule has 6 heteroatoms. The average Bonchev–Trinajstić information content (AvgIpc) is 3.07. The Morgan fingerprint density at radius 2 is 2.17 bits per heavy atom. The van der Waals surface area contributed by atoms with Crippen molar-refractivity contribution in [2.75, 3.05) is 18.2 Å². The molecule has 3 rings (SSSR count). The normalized spacial score (nSPS) is 12.3. The highest BCUT2D eigenvalue weighted by molar-refractivity contribution is 8.00. The summed E-state index contributed by atoms with van der Waals surface area (Å²) in [5, 5.41) is 12.8. The Morgan fingerprint density at radius 1 is 1.38 bits per heavy atom. The number of fused-ring (bicyclic) bond motifs is 1. The first-order valence-corrected chi connectivity index (χ1v) is 8.68. The summed E-state index contributed by atoms with van der Waals surface area (Å²) in [6, 6.07) is 11.3. The summed E-state index contributed by atoms with van der Waals surface area (Å²) in [5.41, 5.74) is 3.49. The number of carbonyl (C=O) groups excluding carboxylic acids is 1. The smallest absolute Gasteiger partial charge is 0.234 e. The predicted molar refractivity (Wildman–Crippen MR) is 93.3 cm³/mol. The maximum atomic E-state index is 12.1. The Morgan fingerprint density at radius 3 is 2.88 bits per heavy atom.